The fraction of sp³-hybridized carbons (Fsp3) is 0.429. The van der Waals surface area contributed by atoms with Crippen LogP contribution in [0.5, 0.6) is 0 Å². The van der Waals surface area contributed by atoms with Crippen molar-refractivity contribution < 1.29 is 13.2 Å². The second-order valence-corrected chi connectivity index (χ2v) is 6.01. The van der Waals surface area contributed by atoms with Crippen molar-refractivity contribution >= 4 is 17.3 Å². The van der Waals surface area contributed by atoms with Crippen molar-refractivity contribution in [1.82, 2.24) is 9.97 Å². The monoisotopic (exact) mass is 313 g/mol. The summed E-state index contributed by atoms with van der Waals surface area (Å²) in [6, 6.07) is 4.72. The standard InChI is InChI=1S/C14H14F3N3S/c15-14(16,17)12-8-10(11-6-3-7-21-11)19-13(20-12)18-9-4-1-2-5-9/h3,6-9H,1-2,4-5H2,(H,18,19,20). The van der Waals surface area contributed by atoms with E-state index in [0.717, 1.165) is 31.7 Å². The zero-order valence-corrected chi connectivity index (χ0v) is 12.0. The van der Waals surface area contributed by atoms with Crippen LogP contribution >= 0.6 is 11.3 Å². The van der Waals surface area contributed by atoms with Crippen molar-refractivity contribution in [2.75, 3.05) is 5.32 Å². The minimum Gasteiger partial charge on any atom is -0.351 e. The second-order valence-electron chi connectivity index (χ2n) is 5.06. The van der Waals surface area contributed by atoms with E-state index in [2.05, 4.69) is 15.3 Å². The second kappa shape index (κ2) is 5.63. The molecule has 1 aliphatic carbocycles. The highest BCUT2D eigenvalue weighted by Gasteiger charge is 2.34. The van der Waals surface area contributed by atoms with E-state index < -0.39 is 11.9 Å². The molecule has 112 valence electrons. The molecule has 0 unspecified atom stereocenters. The molecule has 0 atom stereocenters. The molecule has 0 amide bonds. The predicted octanol–water partition coefficient (Wildman–Crippen LogP) is 4.58. The number of nitrogens with one attached hydrogen (secondary N) is 1. The summed E-state index contributed by atoms with van der Waals surface area (Å²) in [4.78, 5) is 8.58. The summed E-state index contributed by atoms with van der Waals surface area (Å²) in [5, 5.41) is 4.85. The lowest BCUT2D eigenvalue weighted by Gasteiger charge is -2.14. The van der Waals surface area contributed by atoms with Gasteiger partial charge in [0.2, 0.25) is 5.95 Å². The summed E-state index contributed by atoms with van der Waals surface area (Å²) >= 11 is 1.36. The highest BCUT2D eigenvalue weighted by Crippen LogP contribution is 2.33. The Morgan fingerprint density at radius 2 is 1.95 bits per heavy atom. The molecule has 2 heterocycles. The molecular formula is C14H14F3N3S. The van der Waals surface area contributed by atoms with Crippen LogP contribution in [0.1, 0.15) is 31.4 Å². The number of hydrogen-bond acceptors (Lipinski definition) is 4. The van der Waals surface area contributed by atoms with Gasteiger partial charge >= 0.3 is 6.18 Å². The van der Waals surface area contributed by atoms with Gasteiger partial charge in [0.05, 0.1) is 10.6 Å². The van der Waals surface area contributed by atoms with Crippen LogP contribution in [0.3, 0.4) is 0 Å². The fourth-order valence-electron chi connectivity index (χ4n) is 2.46. The molecule has 0 aromatic carbocycles. The van der Waals surface area contributed by atoms with Crippen LogP contribution in [0.4, 0.5) is 19.1 Å². The van der Waals surface area contributed by atoms with Gasteiger partial charge in [0.1, 0.15) is 0 Å². The molecule has 21 heavy (non-hydrogen) atoms. The van der Waals surface area contributed by atoms with Crippen LogP contribution in [0.25, 0.3) is 10.6 Å². The van der Waals surface area contributed by atoms with Gasteiger partial charge < -0.3 is 5.32 Å². The highest BCUT2D eigenvalue weighted by atomic mass is 32.1. The molecule has 7 heteroatoms. The van der Waals surface area contributed by atoms with E-state index >= 15 is 0 Å². The van der Waals surface area contributed by atoms with Crippen LogP contribution in [-0.4, -0.2) is 16.0 Å². The topological polar surface area (TPSA) is 37.8 Å². The fourth-order valence-corrected chi connectivity index (χ4v) is 3.15. The van der Waals surface area contributed by atoms with E-state index in [1.54, 1.807) is 12.1 Å². The lowest BCUT2D eigenvalue weighted by molar-refractivity contribution is -0.141. The number of alkyl halides is 3. The molecule has 0 aliphatic heterocycles. The van der Waals surface area contributed by atoms with Gasteiger partial charge in [-0.2, -0.15) is 13.2 Å². The Kier molecular flexibility index (Phi) is 3.84. The molecule has 0 bridgehead atoms. The van der Waals surface area contributed by atoms with Crippen LogP contribution in [-0.2, 0) is 6.18 Å². The molecule has 1 N–H and O–H groups in total. The number of thiophene rings is 1. The molecule has 3 rings (SSSR count). The number of halogens is 3. The van der Waals surface area contributed by atoms with Gasteiger partial charge in [-0.25, -0.2) is 9.97 Å². The van der Waals surface area contributed by atoms with Crippen LogP contribution < -0.4 is 5.32 Å². The van der Waals surface area contributed by atoms with Gasteiger partial charge in [-0.3, -0.25) is 0 Å². The lowest BCUT2D eigenvalue weighted by atomic mass is 10.2. The van der Waals surface area contributed by atoms with Crippen molar-refractivity contribution in [1.29, 1.82) is 0 Å². The molecule has 2 aromatic rings. The summed E-state index contributed by atoms with van der Waals surface area (Å²) in [5.74, 6) is 0.0696. The zero-order chi connectivity index (χ0) is 14.9. The average molecular weight is 313 g/mol. The first kappa shape index (κ1) is 14.3. The molecule has 0 spiro atoms. The van der Waals surface area contributed by atoms with Crippen molar-refractivity contribution in [2.45, 2.75) is 37.9 Å². The summed E-state index contributed by atoms with van der Waals surface area (Å²) in [5.41, 5.74) is -0.589. The molecule has 1 fully saturated rings. The first-order valence-corrected chi connectivity index (χ1v) is 7.67. The third-order valence-electron chi connectivity index (χ3n) is 3.48. The number of anilines is 1. The van der Waals surface area contributed by atoms with Crippen LogP contribution in [0, 0.1) is 0 Å². The zero-order valence-electron chi connectivity index (χ0n) is 11.2. The van der Waals surface area contributed by atoms with E-state index in [1.807, 2.05) is 5.38 Å². The Morgan fingerprint density at radius 1 is 1.19 bits per heavy atom. The molecule has 1 aliphatic rings. The third-order valence-corrected chi connectivity index (χ3v) is 4.37. The van der Waals surface area contributed by atoms with Crippen molar-refractivity contribution in [3.8, 4) is 10.6 Å². The van der Waals surface area contributed by atoms with Crippen LogP contribution in [0.2, 0.25) is 0 Å². The number of rotatable bonds is 3. The SMILES string of the molecule is FC(F)(F)c1cc(-c2cccs2)nc(NC2CCCC2)n1. The van der Waals surface area contributed by atoms with E-state index in [-0.39, 0.29) is 12.0 Å². The summed E-state index contributed by atoms with van der Waals surface area (Å²) in [6.45, 7) is 0. The van der Waals surface area contributed by atoms with Crippen molar-refractivity contribution in [3.63, 3.8) is 0 Å². The first-order chi connectivity index (χ1) is 10.0. The maximum absolute atomic E-state index is 13.0. The van der Waals surface area contributed by atoms with Gasteiger partial charge in [-0.15, -0.1) is 11.3 Å². The Balaban J connectivity index is 1.96. The molecular weight excluding hydrogens is 299 g/mol. The number of nitrogens with zero attached hydrogens (tertiary/aromatic N) is 2. The molecule has 0 saturated heterocycles. The van der Waals surface area contributed by atoms with Gasteiger partial charge in [0.25, 0.3) is 0 Å². The molecule has 1 saturated carbocycles. The Hall–Kier alpha value is -1.63. The summed E-state index contributed by atoms with van der Waals surface area (Å²) in [6.07, 6.45) is -0.383. The summed E-state index contributed by atoms with van der Waals surface area (Å²) in [7, 11) is 0. The largest absolute Gasteiger partial charge is 0.433 e. The maximum Gasteiger partial charge on any atom is 0.433 e. The van der Waals surface area contributed by atoms with Gasteiger partial charge in [0, 0.05) is 6.04 Å². The quantitative estimate of drug-likeness (QED) is 0.901. The van der Waals surface area contributed by atoms with Crippen LogP contribution in [0.15, 0.2) is 23.6 Å². The molecule has 0 radical (unpaired) electrons. The van der Waals surface area contributed by atoms with Gasteiger partial charge in [-0.1, -0.05) is 18.9 Å². The summed E-state index contributed by atoms with van der Waals surface area (Å²) < 4.78 is 39.0. The Bertz CT molecular complexity index is 604. The van der Waals surface area contributed by atoms with E-state index in [9.17, 15) is 13.2 Å². The molecule has 2 aromatic heterocycles. The number of aromatic nitrogens is 2. The minimum absolute atomic E-state index is 0.0696. The smallest absolute Gasteiger partial charge is 0.351 e. The average Bonchev–Trinajstić information content (AvgIpc) is 3.10. The molecule has 3 nitrogen and oxygen atoms in total. The van der Waals surface area contributed by atoms with Gasteiger partial charge in [-0.05, 0) is 30.4 Å². The Morgan fingerprint density at radius 3 is 2.57 bits per heavy atom. The van der Waals surface area contributed by atoms with Crippen molar-refractivity contribution in [2.24, 2.45) is 0 Å². The third kappa shape index (κ3) is 3.34. The highest BCUT2D eigenvalue weighted by molar-refractivity contribution is 7.13. The van der Waals surface area contributed by atoms with Crippen molar-refractivity contribution in [3.05, 3.63) is 29.3 Å². The number of hydrogen-bond donors (Lipinski definition) is 1. The van der Waals surface area contributed by atoms with E-state index in [1.165, 1.54) is 11.3 Å². The first-order valence-electron chi connectivity index (χ1n) is 6.79. The Labute approximate surface area is 124 Å². The predicted molar refractivity (Wildman–Crippen MR) is 76.2 cm³/mol. The van der Waals surface area contributed by atoms with E-state index in [4.69, 9.17) is 0 Å². The normalized spacial score (nSPS) is 16.3. The van der Waals surface area contributed by atoms with Gasteiger partial charge in [0.15, 0.2) is 5.69 Å². The van der Waals surface area contributed by atoms with E-state index in [0.29, 0.717) is 10.6 Å². The maximum atomic E-state index is 13.0. The minimum atomic E-state index is -4.47. The lowest BCUT2D eigenvalue weighted by Crippen LogP contribution is -2.19.